The third-order valence-electron chi connectivity index (χ3n) is 4.98. The first-order valence-electron chi connectivity index (χ1n) is 9.17. The van der Waals surface area contributed by atoms with E-state index in [2.05, 4.69) is 15.1 Å². The summed E-state index contributed by atoms with van der Waals surface area (Å²) in [6.07, 6.45) is 4.62. The Bertz CT molecular complexity index is 543. The van der Waals surface area contributed by atoms with Crippen molar-refractivity contribution in [3.05, 3.63) is 29.8 Å². The van der Waals surface area contributed by atoms with Crippen molar-refractivity contribution in [1.82, 2.24) is 9.80 Å². The van der Waals surface area contributed by atoms with Crippen molar-refractivity contribution in [3.63, 3.8) is 0 Å². The van der Waals surface area contributed by atoms with Crippen LogP contribution in [0.4, 0.5) is 10.5 Å². The van der Waals surface area contributed by atoms with Gasteiger partial charge in [0, 0.05) is 37.9 Å². The molecule has 1 aromatic rings. The number of ether oxygens (including phenoxy) is 1. The van der Waals surface area contributed by atoms with Crippen LogP contribution in [0.25, 0.3) is 0 Å². The summed E-state index contributed by atoms with van der Waals surface area (Å²) in [6, 6.07) is 8.35. The molecule has 2 heterocycles. The van der Waals surface area contributed by atoms with E-state index in [-0.39, 0.29) is 6.03 Å². The van der Waals surface area contributed by atoms with Gasteiger partial charge in [0.1, 0.15) is 0 Å². The van der Waals surface area contributed by atoms with E-state index in [1.807, 2.05) is 31.2 Å². The van der Waals surface area contributed by atoms with E-state index in [0.717, 1.165) is 63.5 Å². The molecule has 0 aromatic heterocycles. The van der Waals surface area contributed by atoms with Crippen molar-refractivity contribution < 1.29 is 9.53 Å². The van der Waals surface area contributed by atoms with Gasteiger partial charge in [-0.1, -0.05) is 25.0 Å². The molecule has 132 valence electrons. The van der Waals surface area contributed by atoms with Gasteiger partial charge < -0.3 is 15.0 Å². The molecule has 1 N–H and O–H groups in total. The molecule has 1 aromatic carbocycles. The fourth-order valence-corrected chi connectivity index (χ4v) is 3.63. The number of amides is 2. The monoisotopic (exact) mass is 331 g/mol. The number of urea groups is 1. The van der Waals surface area contributed by atoms with Gasteiger partial charge in [-0.05, 0) is 37.5 Å². The number of nitrogens with one attached hydrogen (secondary N) is 1. The summed E-state index contributed by atoms with van der Waals surface area (Å²) in [7, 11) is 0. The minimum absolute atomic E-state index is 0.0424. The van der Waals surface area contributed by atoms with Crippen LogP contribution < -0.4 is 5.32 Å². The van der Waals surface area contributed by atoms with Crippen LogP contribution in [0.15, 0.2) is 24.3 Å². The van der Waals surface area contributed by atoms with Crippen LogP contribution in [0.2, 0.25) is 0 Å². The van der Waals surface area contributed by atoms with Gasteiger partial charge in [-0.2, -0.15) is 0 Å². The second-order valence-electron chi connectivity index (χ2n) is 6.91. The predicted octanol–water partition coefficient (Wildman–Crippen LogP) is 3.10. The van der Waals surface area contributed by atoms with Crippen molar-refractivity contribution in [1.29, 1.82) is 0 Å². The number of aryl methyl sites for hydroxylation is 1. The lowest BCUT2D eigenvalue weighted by molar-refractivity contribution is 0.0266. The highest BCUT2D eigenvalue weighted by molar-refractivity contribution is 5.89. The number of nitrogens with zero attached hydrogens (tertiary/aromatic N) is 2. The van der Waals surface area contributed by atoms with Crippen LogP contribution in [0, 0.1) is 6.92 Å². The molecule has 24 heavy (non-hydrogen) atoms. The van der Waals surface area contributed by atoms with Crippen LogP contribution in [0.3, 0.4) is 0 Å². The first-order valence-corrected chi connectivity index (χ1v) is 9.17. The third-order valence-corrected chi connectivity index (χ3v) is 4.98. The van der Waals surface area contributed by atoms with Crippen LogP contribution >= 0.6 is 0 Å². The number of benzene rings is 1. The zero-order valence-corrected chi connectivity index (χ0v) is 14.7. The minimum atomic E-state index is 0.0424. The van der Waals surface area contributed by atoms with Crippen LogP contribution in [0.1, 0.15) is 31.2 Å². The molecule has 1 unspecified atom stereocenters. The molecule has 5 nitrogen and oxygen atoms in total. The van der Waals surface area contributed by atoms with E-state index >= 15 is 0 Å². The molecule has 5 heteroatoms. The molecule has 2 aliphatic rings. The number of likely N-dealkylation sites (tertiary alicyclic amines) is 1. The Hall–Kier alpha value is -1.59. The molecule has 2 aliphatic heterocycles. The highest BCUT2D eigenvalue weighted by Crippen LogP contribution is 2.20. The normalized spacial score (nSPS) is 22.9. The molecule has 3 rings (SSSR count). The Labute approximate surface area is 145 Å². The Kier molecular flexibility index (Phi) is 6.10. The average Bonchev–Trinajstić information content (AvgIpc) is 2.81. The number of carbonyl (C=O) groups excluding carboxylic acids is 1. The Morgan fingerprint density at radius 1 is 1.21 bits per heavy atom. The van der Waals surface area contributed by atoms with Crippen molar-refractivity contribution in [3.8, 4) is 0 Å². The van der Waals surface area contributed by atoms with Gasteiger partial charge in [-0.15, -0.1) is 0 Å². The van der Waals surface area contributed by atoms with Gasteiger partial charge in [0.25, 0.3) is 0 Å². The quantitative estimate of drug-likeness (QED) is 0.926. The topological polar surface area (TPSA) is 44.8 Å². The zero-order chi connectivity index (χ0) is 16.8. The average molecular weight is 331 g/mol. The largest absolute Gasteiger partial charge is 0.379 e. The molecule has 0 saturated carbocycles. The predicted molar refractivity (Wildman–Crippen MR) is 96.4 cm³/mol. The fraction of sp³-hybridized carbons (Fsp3) is 0.632. The van der Waals surface area contributed by atoms with E-state index in [1.54, 1.807) is 0 Å². The van der Waals surface area contributed by atoms with E-state index in [1.165, 1.54) is 12.8 Å². The standard InChI is InChI=1S/C19H29N3O2/c1-16-6-5-7-17(14-16)20-19(23)22-9-4-2-3-8-18(22)15-21-10-12-24-13-11-21/h5-7,14,18H,2-4,8-13,15H2,1H3,(H,20,23). The van der Waals surface area contributed by atoms with Gasteiger partial charge >= 0.3 is 6.03 Å². The van der Waals surface area contributed by atoms with Gasteiger partial charge in [0.15, 0.2) is 0 Å². The van der Waals surface area contributed by atoms with Crippen molar-refractivity contribution in [2.45, 2.75) is 38.6 Å². The van der Waals surface area contributed by atoms with Crippen molar-refractivity contribution >= 4 is 11.7 Å². The number of carbonyl (C=O) groups is 1. The molecule has 0 aliphatic carbocycles. The number of morpholine rings is 1. The van der Waals surface area contributed by atoms with E-state index in [4.69, 9.17) is 4.74 Å². The minimum Gasteiger partial charge on any atom is -0.379 e. The lowest BCUT2D eigenvalue weighted by atomic mass is 10.1. The lowest BCUT2D eigenvalue weighted by Crippen LogP contribution is -2.50. The van der Waals surface area contributed by atoms with E-state index < -0.39 is 0 Å². The summed E-state index contributed by atoms with van der Waals surface area (Å²) in [4.78, 5) is 17.4. The summed E-state index contributed by atoms with van der Waals surface area (Å²) in [6.45, 7) is 7.43. The maximum atomic E-state index is 12.9. The third kappa shape index (κ3) is 4.71. The van der Waals surface area contributed by atoms with Gasteiger partial charge in [0.2, 0.25) is 0 Å². The molecule has 2 saturated heterocycles. The Morgan fingerprint density at radius 2 is 2.04 bits per heavy atom. The maximum Gasteiger partial charge on any atom is 0.322 e. The van der Waals surface area contributed by atoms with Crippen LogP contribution in [-0.2, 0) is 4.74 Å². The summed E-state index contributed by atoms with van der Waals surface area (Å²) in [5.41, 5.74) is 2.04. The molecule has 0 bridgehead atoms. The summed E-state index contributed by atoms with van der Waals surface area (Å²) in [5, 5.41) is 3.09. The van der Waals surface area contributed by atoms with E-state index in [9.17, 15) is 4.79 Å². The maximum absolute atomic E-state index is 12.9. The van der Waals surface area contributed by atoms with E-state index in [0.29, 0.717) is 6.04 Å². The smallest absolute Gasteiger partial charge is 0.322 e. The van der Waals surface area contributed by atoms with Crippen molar-refractivity contribution in [2.24, 2.45) is 0 Å². The molecule has 1 atom stereocenters. The first kappa shape index (κ1) is 17.2. The van der Waals surface area contributed by atoms with Gasteiger partial charge in [-0.3, -0.25) is 4.90 Å². The fourth-order valence-electron chi connectivity index (χ4n) is 3.63. The molecule has 2 amide bonds. The lowest BCUT2D eigenvalue weighted by Gasteiger charge is -2.36. The Balaban J connectivity index is 1.65. The number of hydrogen-bond acceptors (Lipinski definition) is 3. The van der Waals surface area contributed by atoms with Gasteiger partial charge in [0.05, 0.1) is 13.2 Å². The number of hydrogen-bond donors (Lipinski definition) is 1. The molecular weight excluding hydrogens is 302 g/mol. The second-order valence-corrected chi connectivity index (χ2v) is 6.91. The highest BCUT2D eigenvalue weighted by Gasteiger charge is 2.27. The zero-order valence-electron chi connectivity index (χ0n) is 14.7. The molecule has 2 fully saturated rings. The number of rotatable bonds is 3. The highest BCUT2D eigenvalue weighted by atomic mass is 16.5. The second kappa shape index (κ2) is 8.49. The first-order chi connectivity index (χ1) is 11.7. The summed E-state index contributed by atoms with van der Waals surface area (Å²) < 4.78 is 5.44. The number of anilines is 1. The van der Waals surface area contributed by atoms with Crippen LogP contribution in [-0.4, -0.2) is 61.3 Å². The molecular formula is C19H29N3O2. The summed E-state index contributed by atoms with van der Waals surface area (Å²) >= 11 is 0. The SMILES string of the molecule is Cc1cccc(NC(=O)N2CCCCCC2CN2CCOCC2)c1. The summed E-state index contributed by atoms with van der Waals surface area (Å²) in [5.74, 6) is 0. The Morgan fingerprint density at radius 3 is 2.83 bits per heavy atom. The van der Waals surface area contributed by atoms with Crippen LogP contribution in [0.5, 0.6) is 0 Å². The van der Waals surface area contributed by atoms with Gasteiger partial charge in [-0.25, -0.2) is 4.79 Å². The van der Waals surface area contributed by atoms with Crippen molar-refractivity contribution in [2.75, 3.05) is 44.7 Å². The molecule has 0 spiro atoms. The molecule has 0 radical (unpaired) electrons.